The summed E-state index contributed by atoms with van der Waals surface area (Å²) in [7, 11) is 0. The van der Waals surface area contributed by atoms with Crippen molar-refractivity contribution in [2.24, 2.45) is 11.3 Å². The van der Waals surface area contributed by atoms with E-state index in [1.807, 2.05) is 0 Å². The standard InChI is InChI=1S/C20H25F3N4O2.ClH/c21-9-20(10-22,11-23)12-24-19-26-17-14(2-1-3-16(17)29-19)18(28)25-15-8-27-6-4-13(15)5-7-27;/h1-3,13,15H,4-12H2,(H,24,26)(H,25,28);1H. The maximum Gasteiger partial charge on any atom is 0.295 e. The third-order valence-electron chi connectivity index (χ3n) is 6.10. The Bertz CT molecular complexity index is 861. The van der Waals surface area contributed by atoms with E-state index >= 15 is 0 Å². The van der Waals surface area contributed by atoms with E-state index < -0.39 is 25.4 Å². The number of carbonyl (C=O) groups is 1. The number of halogens is 4. The number of nitrogens with one attached hydrogen (secondary N) is 2. The Hall–Kier alpha value is -2.00. The number of nitrogens with zero attached hydrogens (tertiary/aromatic N) is 2. The third kappa shape index (κ3) is 4.37. The molecule has 3 aliphatic heterocycles. The second-order valence-electron chi connectivity index (χ2n) is 8.14. The molecule has 3 fully saturated rings. The van der Waals surface area contributed by atoms with E-state index in [-0.39, 0.29) is 36.9 Å². The summed E-state index contributed by atoms with van der Waals surface area (Å²) in [6.07, 6.45) is 2.18. The zero-order valence-electron chi connectivity index (χ0n) is 16.5. The number of para-hydroxylation sites is 1. The topological polar surface area (TPSA) is 70.4 Å². The third-order valence-corrected chi connectivity index (χ3v) is 6.10. The summed E-state index contributed by atoms with van der Waals surface area (Å²) < 4.78 is 44.7. The van der Waals surface area contributed by atoms with Gasteiger partial charge in [-0.05, 0) is 44.0 Å². The van der Waals surface area contributed by atoms with Crippen LogP contribution in [0.3, 0.4) is 0 Å². The number of hydrogen-bond donors (Lipinski definition) is 2. The van der Waals surface area contributed by atoms with E-state index in [1.165, 1.54) is 0 Å². The van der Waals surface area contributed by atoms with E-state index in [0.29, 0.717) is 22.6 Å². The van der Waals surface area contributed by atoms with Gasteiger partial charge in [-0.2, -0.15) is 4.98 Å². The van der Waals surface area contributed by atoms with Gasteiger partial charge in [0, 0.05) is 19.1 Å². The van der Waals surface area contributed by atoms with E-state index in [4.69, 9.17) is 4.42 Å². The predicted octanol–water partition coefficient (Wildman–Crippen LogP) is 3.38. The quantitative estimate of drug-likeness (QED) is 0.650. The highest BCUT2D eigenvalue weighted by Crippen LogP contribution is 2.29. The number of rotatable bonds is 8. The van der Waals surface area contributed by atoms with Crippen molar-refractivity contribution in [2.45, 2.75) is 18.9 Å². The monoisotopic (exact) mass is 446 g/mol. The van der Waals surface area contributed by atoms with Gasteiger partial charge in [-0.25, -0.2) is 0 Å². The van der Waals surface area contributed by atoms with Crippen LogP contribution >= 0.6 is 12.4 Å². The molecule has 5 rings (SSSR count). The fourth-order valence-corrected chi connectivity index (χ4v) is 4.09. The SMILES string of the molecule is Cl.O=C(NC1CN2CCC1CC2)c1cccc2oc(NCC(CF)(CF)CF)nc12. The molecule has 10 heteroatoms. The minimum Gasteiger partial charge on any atom is -0.424 e. The molecule has 0 aliphatic carbocycles. The molecule has 2 aromatic rings. The molecule has 1 aromatic carbocycles. The number of aromatic nitrogens is 1. The van der Waals surface area contributed by atoms with Crippen LogP contribution in [0, 0.1) is 11.3 Å². The van der Waals surface area contributed by atoms with Crippen LogP contribution in [0.1, 0.15) is 23.2 Å². The number of carbonyl (C=O) groups excluding carboxylic acids is 1. The number of hydrogen-bond acceptors (Lipinski definition) is 5. The fourth-order valence-electron chi connectivity index (χ4n) is 4.09. The van der Waals surface area contributed by atoms with Gasteiger partial charge in [-0.3, -0.25) is 18.0 Å². The summed E-state index contributed by atoms with van der Waals surface area (Å²) in [6.45, 7) is -0.687. The lowest BCUT2D eigenvalue weighted by Gasteiger charge is -2.44. The largest absolute Gasteiger partial charge is 0.424 e. The highest BCUT2D eigenvalue weighted by molar-refractivity contribution is 6.04. The molecule has 0 saturated carbocycles. The molecule has 0 spiro atoms. The molecule has 166 valence electrons. The summed E-state index contributed by atoms with van der Waals surface area (Å²) in [5, 5.41) is 5.78. The van der Waals surface area contributed by atoms with Crippen LogP contribution in [0.5, 0.6) is 0 Å². The molecule has 2 bridgehead atoms. The Labute approximate surface area is 179 Å². The lowest BCUT2D eigenvalue weighted by atomic mass is 9.84. The molecular formula is C20H26ClF3N4O2. The maximum atomic E-state index is 13.0. The van der Waals surface area contributed by atoms with Crippen LogP contribution in [0.2, 0.25) is 0 Å². The second kappa shape index (κ2) is 9.43. The van der Waals surface area contributed by atoms with E-state index in [2.05, 4.69) is 20.5 Å². The molecule has 30 heavy (non-hydrogen) atoms. The fraction of sp³-hybridized carbons (Fsp3) is 0.600. The lowest BCUT2D eigenvalue weighted by Crippen LogP contribution is -2.57. The van der Waals surface area contributed by atoms with Gasteiger partial charge < -0.3 is 20.0 Å². The van der Waals surface area contributed by atoms with Gasteiger partial charge >= 0.3 is 0 Å². The van der Waals surface area contributed by atoms with Gasteiger partial charge in [0.15, 0.2) is 5.58 Å². The molecule has 1 unspecified atom stereocenters. The number of anilines is 1. The van der Waals surface area contributed by atoms with Crippen LogP contribution < -0.4 is 10.6 Å². The van der Waals surface area contributed by atoms with Crippen molar-refractivity contribution >= 4 is 35.4 Å². The minimum absolute atomic E-state index is 0. The number of alkyl halides is 3. The molecule has 1 aromatic heterocycles. The van der Waals surface area contributed by atoms with E-state index in [9.17, 15) is 18.0 Å². The van der Waals surface area contributed by atoms with Crippen LogP contribution in [0.4, 0.5) is 19.2 Å². The highest BCUT2D eigenvalue weighted by atomic mass is 35.5. The van der Waals surface area contributed by atoms with Crippen LogP contribution in [0.15, 0.2) is 22.6 Å². The van der Waals surface area contributed by atoms with Gasteiger partial charge in [-0.1, -0.05) is 6.07 Å². The Morgan fingerprint density at radius 1 is 1.20 bits per heavy atom. The summed E-state index contributed by atoms with van der Waals surface area (Å²) in [5.41, 5.74) is -0.639. The maximum absolute atomic E-state index is 13.0. The number of fused-ring (bicyclic) bond motifs is 4. The van der Waals surface area contributed by atoms with Crippen molar-refractivity contribution in [1.29, 1.82) is 0 Å². The molecule has 6 nitrogen and oxygen atoms in total. The zero-order valence-corrected chi connectivity index (χ0v) is 17.3. The van der Waals surface area contributed by atoms with Crippen LogP contribution in [-0.2, 0) is 0 Å². The van der Waals surface area contributed by atoms with Crippen LogP contribution in [-0.4, -0.2) is 68.0 Å². The summed E-state index contributed by atoms with van der Waals surface area (Å²) in [4.78, 5) is 19.5. The van der Waals surface area contributed by atoms with E-state index in [0.717, 1.165) is 32.5 Å². The Morgan fingerprint density at radius 3 is 2.50 bits per heavy atom. The molecule has 0 radical (unpaired) electrons. The molecule has 1 atom stereocenters. The molecule has 4 heterocycles. The zero-order chi connectivity index (χ0) is 20.4. The number of piperidine rings is 3. The number of benzene rings is 1. The normalized spacial score (nSPS) is 23.2. The number of amides is 1. The molecule has 3 saturated heterocycles. The molecular weight excluding hydrogens is 421 g/mol. The van der Waals surface area contributed by atoms with Crippen LogP contribution in [0.25, 0.3) is 11.1 Å². The van der Waals surface area contributed by atoms with Crippen molar-refractivity contribution in [3.05, 3.63) is 23.8 Å². The molecule has 3 aliphatic rings. The van der Waals surface area contributed by atoms with Gasteiger partial charge in [-0.15, -0.1) is 12.4 Å². The van der Waals surface area contributed by atoms with Crippen molar-refractivity contribution in [3.63, 3.8) is 0 Å². The van der Waals surface area contributed by atoms with E-state index in [1.54, 1.807) is 18.2 Å². The molecule has 1 amide bonds. The first-order chi connectivity index (χ1) is 14.1. The average molecular weight is 447 g/mol. The van der Waals surface area contributed by atoms with Crippen molar-refractivity contribution in [2.75, 3.05) is 51.5 Å². The first-order valence-corrected chi connectivity index (χ1v) is 9.92. The highest BCUT2D eigenvalue weighted by Gasteiger charge is 2.35. The smallest absolute Gasteiger partial charge is 0.295 e. The number of oxazole rings is 1. The average Bonchev–Trinajstić information content (AvgIpc) is 3.19. The van der Waals surface area contributed by atoms with Gasteiger partial charge in [0.2, 0.25) is 0 Å². The Balaban J connectivity index is 0.00000256. The Morgan fingerprint density at radius 2 is 1.90 bits per heavy atom. The first-order valence-electron chi connectivity index (χ1n) is 9.92. The van der Waals surface area contributed by atoms with Gasteiger partial charge in [0.1, 0.15) is 25.5 Å². The van der Waals surface area contributed by atoms with Gasteiger partial charge in [0.25, 0.3) is 11.9 Å². The summed E-state index contributed by atoms with van der Waals surface area (Å²) >= 11 is 0. The minimum atomic E-state index is -1.75. The Kier molecular flexibility index (Phi) is 7.13. The predicted molar refractivity (Wildman–Crippen MR) is 111 cm³/mol. The second-order valence-corrected chi connectivity index (χ2v) is 8.14. The van der Waals surface area contributed by atoms with Crippen molar-refractivity contribution in [1.82, 2.24) is 15.2 Å². The summed E-state index contributed by atoms with van der Waals surface area (Å²) in [5.74, 6) is 0.271. The van der Waals surface area contributed by atoms with Gasteiger partial charge in [0.05, 0.1) is 11.0 Å². The summed E-state index contributed by atoms with van der Waals surface area (Å²) in [6, 6.07) is 5.13. The van der Waals surface area contributed by atoms with Crippen molar-refractivity contribution < 1.29 is 22.4 Å². The van der Waals surface area contributed by atoms with Crippen molar-refractivity contribution in [3.8, 4) is 0 Å². The first kappa shape index (κ1) is 22.7. The molecule has 2 N–H and O–H groups in total. The lowest BCUT2D eigenvalue weighted by molar-refractivity contribution is 0.0621.